The normalized spacial score (nSPS) is 18.7. The number of hydrogen-bond acceptors (Lipinski definition) is 7. The van der Waals surface area contributed by atoms with Gasteiger partial charge in [0, 0.05) is 17.3 Å². The number of nitrogens with one attached hydrogen (secondary N) is 2. The third-order valence-electron chi connectivity index (χ3n) is 6.74. The lowest BCUT2D eigenvalue weighted by Crippen LogP contribution is -2.47. The highest BCUT2D eigenvalue weighted by molar-refractivity contribution is 8.14. The number of anilines is 1. The summed E-state index contributed by atoms with van der Waals surface area (Å²) in [5.74, 6) is 0.541. The Morgan fingerprint density at radius 1 is 1.03 bits per heavy atom. The van der Waals surface area contributed by atoms with Crippen molar-refractivity contribution in [3.05, 3.63) is 54.1 Å². The minimum atomic E-state index is -0.789. The Hall–Kier alpha value is -3.66. The lowest BCUT2D eigenvalue weighted by molar-refractivity contribution is -0.127. The van der Waals surface area contributed by atoms with E-state index < -0.39 is 6.04 Å². The molecule has 38 heavy (non-hydrogen) atoms. The average Bonchev–Trinajstić information content (AvgIpc) is 3.25. The highest BCUT2D eigenvalue weighted by Gasteiger charge is 2.43. The van der Waals surface area contributed by atoms with Crippen LogP contribution in [-0.4, -0.2) is 58.1 Å². The Morgan fingerprint density at radius 3 is 2.55 bits per heavy atom. The van der Waals surface area contributed by atoms with Crippen LogP contribution in [0.15, 0.2) is 58.5 Å². The van der Waals surface area contributed by atoms with Gasteiger partial charge >= 0.3 is 0 Å². The number of nitrogens with zero attached hydrogens (tertiary/aromatic N) is 3. The number of aliphatic imine (C=N–C) groups is 2. The van der Waals surface area contributed by atoms with Crippen molar-refractivity contribution in [1.82, 2.24) is 10.2 Å². The Bertz CT molecular complexity index is 1270. The molecule has 10 heteroatoms. The average molecular weight is 534 g/mol. The molecule has 3 aliphatic rings. The molecule has 0 spiro atoms. The van der Waals surface area contributed by atoms with Crippen LogP contribution in [0.5, 0.6) is 5.75 Å². The molecule has 0 saturated heterocycles. The van der Waals surface area contributed by atoms with Gasteiger partial charge in [0.05, 0.1) is 24.5 Å². The highest BCUT2D eigenvalue weighted by Crippen LogP contribution is 2.35. The first-order chi connectivity index (χ1) is 18.5. The molecule has 3 amide bonds. The molecule has 1 saturated carbocycles. The van der Waals surface area contributed by atoms with E-state index in [4.69, 9.17) is 9.73 Å². The molecule has 2 aromatic carbocycles. The predicted molar refractivity (Wildman–Crippen MR) is 149 cm³/mol. The summed E-state index contributed by atoms with van der Waals surface area (Å²) in [6.45, 7) is 2.48. The zero-order chi connectivity index (χ0) is 26.5. The van der Waals surface area contributed by atoms with Crippen molar-refractivity contribution in [2.75, 3.05) is 17.7 Å². The predicted octanol–water partition coefficient (Wildman–Crippen LogP) is 4.25. The smallest absolute Gasteiger partial charge is 0.271 e. The molecule has 0 radical (unpaired) electrons. The monoisotopic (exact) mass is 533 g/mol. The Balaban J connectivity index is 1.29. The minimum Gasteiger partial charge on any atom is -0.494 e. The quantitative estimate of drug-likeness (QED) is 0.525. The molecule has 0 bridgehead atoms. The van der Waals surface area contributed by atoms with Gasteiger partial charge in [-0.3, -0.25) is 19.3 Å². The van der Waals surface area contributed by atoms with E-state index in [0.29, 0.717) is 29.0 Å². The summed E-state index contributed by atoms with van der Waals surface area (Å²) in [5.41, 5.74) is 2.07. The van der Waals surface area contributed by atoms with Crippen molar-refractivity contribution in [2.24, 2.45) is 9.98 Å². The van der Waals surface area contributed by atoms with E-state index >= 15 is 0 Å². The molecule has 2 aromatic rings. The van der Waals surface area contributed by atoms with E-state index in [1.54, 1.807) is 29.2 Å². The highest BCUT2D eigenvalue weighted by atomic mass is 32.2. The van der Waals surface area contributed by atoms with Gasteiger partial charge in [-0.2, -0.15) is 4.99 Å². The number of fused-ring (bicyclic) bond motifs is 3. The summed E-state index contributed by atoms with van der Waals surface area (Å²) in [5, 5.41) is 6.45. The molecule has 1 aliphatic carbocycles. The van der Waals surface area contributed by atoms with E-state index in [0.717, 1.165) is 37.0 Å². The lowest BCUT2D eigenvalue weighted by Gasteiger charge is -2.31. The Kier molecular flexibility index (Phi) is 8.07. The van der Waals surface area contributed by atoms with Crippen LogP contribution in [0.3, 0.4) is 0 Å². The molecule has 1 fully saturated rings. The van der Waals surface area contributed by atoms with E-state index in [1.165, 1.54) is 18.2 Å². The Morgan fingerprint density at radius 2 is 1.79 bits per heavy atom. The van der Waals surface area contributed by atoms with Gasteiger partial charge in [-0.25, -0.2) is 4.99 Å². The second-order valence-corrected chi connectivity index (χ2v) is 10.4. The van der Waals surface area contributed by atoms with Crippen LogP contribution in [0, 0.1) is 0 Å². The summed E-state index contributed by atoms with van der Waals surface area (Å²) < 4.78 is 5.44. The number of benzene rings is 2. The maximum atomic E-state index is 13.0. The van der Waals surface area contributed by atoms with Gasteiger partial charge in [-0.05, 0) is 56.2 Å². The second-order valence-electron chi connectivity index (χ2n) is 9.47. The molecule has 2 heterocycles. The van der Waals surface area contributed by atoms with Gasteiger partial charge in [-0.15, -0.1) is 0 Å². The van der Waals surface area contributed by atoms with Crippen LogP contribution in [-0.2, 0) is 14.4 Å². The zero-order valence-corrected chi connectivity index (χ0v) is 22.1. The molecule has 2 aliphatic heterocycles. The number of carbonyl (C=O) groups excluding carboxylic acids is 3. The van der Waals surface area contributed by atoms with E-state index in [-0.39, 0.29) is 35.9 Å². The van der Waals surface area contributed by atoms with Crippen molar-refractivity contribution in [3.8, 4) is 5.75 Å². The topological polar surface area (TPSA) is 112 Å². The number of thioether (sulfide) groups is 1. The number of hydrogen-bond donors (Lipinski definition) is 2. The lowest BCUT2D eigenvalue weighted by atomic mass is 9.95. The van der Waals surface area contributed by atoms with Crippen LogP contribution in [0.2, 0.25) is 0 Å². The van der Waals surface area contributed by atoms with Crippen molar-refractivity contribution < 1.29 is 19.1 Å². The molecular formula is C28H31N5O4S. The summed E-state index contributed by atoms with van der Waals surface area (Å²) >= 11 is 1.22. The number of ether oxygens (including phenoxy) is 1. The molecule has 1 atom stereocenters. The van der Waals surface area contributed by atoms with Gasteiger partial charge in [0.2, 0.25) is 11.8 Å². The van der Waals surface area contributed by atoms with E-state index in [1.807, 2.05) is 31.2 Å². The van der Waals surface area contributed by atoms with Crippen LogP contribution in [0.1, 0.15) is 51.0 Å². The fourth-order valence-corrected chi connectivity index (χ4v) is 5.79. The first-order valence-electron chi connectivity index (χ1n) is 13.1. The summed E-state index contributed by atoms with van der Waals surface area (Å²) in [6.07, 6.45) is 5.33. The van der Waals surface area contributed by atoms with E-state index in [9.17, 15) is 14.4 Å². The van der Waals surface area contributed by atoms with Gasteiger partial charge in [0.1, 0.15) is 17.6 Å². The van der Waals surface area contributed by atoms with Crippen LogP contribution >= 0.6 is 11.8 Å². The van der Waals surface area contributed by atoms with Gasteiger partial charge in [0.25, 0.3) is 5.91 Å². The molecule has 1 unspecified atom stereocenters. The largest absolute Gasteiger partial charge is 0.494 e. The first kappa shape index (κ1) is 26.0. The maximum Gasteiger partial charge on any atom is 0.271 e. The number of amides is 3. The SMILES string of the molecule is CCOc1ccc(NC(=O)CSC2=Nc3ccccc3C3=NC(=O)C(CC(=O)NC4CCCCC4)N23)cc1. The van der Waals surface area contributed by atoms with Gasteiger partial charge in [0.15, 0.2) is 5.17 Å². The summed E-state index contributed by atoms with van der Waals surface area (Å²) in [6, 6.07) is 14.0. The van der Waals surface area contributed by atoms with Gasteiger partial charge in [-0.1, -0.05) is 43.2 Å². The standard InChI is InChI=1S/C28H31N5O4S/c1-2-37-20-14-12-19(13-15-20)30-25(35)17-38-28-31-22-11-7-6-10-21(22)26-32-27(36)23(33(26)28)16-24(34)29-18-8-4-3-5-9-18/h6-7,10-15,18,23H,2-5,8-9,16-17H2,1H3,(H,29,34)(H,30,35). The fraction of sp³-hybridized carbons (Fsp3) is 0.393. The van der Waals surface area contributed by atoms with Crippen molar-refractivity contribution >= 4 is 51.9 Å². The molecule has 0 aromatic heterocycles. The third-order valence-corrected chi connectivity index (χ3v) is 7.69. The number of para-hydroxylation sites is 1. The number of amidine groups is 2. The Labute approximate surface area is 226 Å². The third kappa shape index (κ3) is 5.91. The molecule has 198 valence electrons. The maximum absolute atomic E-state index is 13.0. The molecule has 2 N–H and O–H groups in total. The van der Waals surface area contributed by atoms with Gasteiger partial charge < -0.3 is 15.4 Å². The zero-order valence-electron chi connectivity index (χ0n) is 21.3. The molecule has 9 nitrogen and oxygen atoms in total. The van der Waals surface area contributed by atoms with Crippen LogP contribution in [0.4, 0.5) is 11.4 Å². The second kappa shape index (κ2) is 11.8. The van der Waals surface area contributed by atoms with Crippen LogP contribution in [0.25, 0.3) is 0 Å². The first-order valence-corrected chi connectivity index (χ1v) is 14.0. The van der Waals surface area contributed by atoms with E-state index in [2.05, 4.69) is 15.6 Å². The summed E-state index contributed by atoms with van der Waals surface area (Å²) in [4.78, 5) is 49.5. The van der Waals surface area contributed by atoms with Crippen molar-refractivity contribution in [3.63, 3.8) is 0 Å². The molecule has 5 rings (SSSR count). The van der Waals surface area contributed by atoms with Crippen LogP contribution < -0.4 is 15.4 Å². The summed E-state index contributed by atoms with van der Waals surface area (Å²) in [7, 11) is 0. The van der Waals surface area contributed by atoms with Crippen molar-refractivity contribution in [2.45, 2.75) is 57.5 Å². The molecular weight excluding hydrogens is 502 g/mol. The minimum absolute atomic E-state index is 0.0115. The fourth-order valence-electron chi connectivity index (χ4n) is 4.94. The van der Waals surface area contributed by atoms with Crippen molar-refractivity contribution in [1.29, 1.82) is 0 Å². The number of rotatable bonds is 8. The number of carbonyl (C=O) groups is 3.